The van der Waals surface area contributed by atoms with Crippen LogP contribution in [0.25, 0.3) is 0 Å². The first-order valence-corrected chi connectivity index (χ1v) is 9.06. The monoisotopic (exact) mass is 307 g/mol. The van der Waals surface area contributed by atoms with Gasteiger partial charge in [-0.3, -0.25) is 0 Å². The average molecular weight is 308 g/mol. The Morgan fingerprint density at radius 3 is 2.43 bits per heavy atom. The zero-order valence-electron chi connectivity index (χ0n) is 13.6. The summed E-state index contributed by atoms with van der Waals surface area (Å²) in [5, 5.41) is 14.7. The van der Waals surface area contributed by atoms with E-state index in [1.165, 1.54) is 37.0 Å². The summed E-state index contributed by atoms with van der Waals surface area (Å²) in [5.41, 5.74) is 0.232. The molecule has 1 aromatic carbocycles. The Morgan fingerprint density at radius 2 is 1.86 bits per heavy atom. The predicted octanol–water partition coefficient (Wildman–Crippen LogP) is 4.17. The normalized spacial score (nSPS) is 21.0. The van der Waals surface area contributed by atoms with E-state index in [1.54, 1.807) is 0 Å². The van der Waals surface area contributed by atoms with E-state index in [0.29, 0.717) is 0 Å². The third-order valence-corrected chi connectivity index (χ3v) is 6.11. The zero-order valence-corrected chi connectivity index (χ0v) is 14.4. The summed E-state index contributed by atoms with van der Waals surface area (Å²) in [4.78, 5) is 1.34. The van der Waals surface area contributed by atoms with Crippen LogP contribution in [-0.4, -0.2) is 23.9 Å². The molecule has 0 bridgehead atoms. The van der Waals surface area contributed by atoms with Crippen LogP contribution in [0.5, 0.6) is 0 Å². The molecule has 1 fully saturated rings. The fraction of sp³-hybridized carbons (Fsp3) is 0.667. The lowest BCUT2D eigenvalue weighted by molar-refractivity contribution is 0.00252. The highest BCUT2D eigenvalue weighted by Crippen LogP contribution is 2.35. The van der Waals surface area contributed by atoms with Crippen molar-refractivity contribution in [3.05, 3.63) is 29.8 Å². The molecule has 1 aromatic rings. The maximum Gasteiger partial charge on any atom is 0.0906 e. The van der Waals surface area contributed by atoms with Gasteiger partial charge in [0.05, 0.1) is 5.60 Å². The Morgan fingerprint density at radius 1 is 1.24 bits per heavy atom. The van der Waals surface area contributed by atoms with E-state index < -0.39 is 5.60 Å². The summed E-state index contributed by atoms with van der Waals surface area (Å²) in [7, 11) is 1.93. The highest BCUT2D eigenvalue weighted by Gasteiger charge is 2.29. The van der Waals surface area contributed by atoms with Gasteiger partial charge in [-0.1, -0.05) is 38.3 Å². The minimum Gasteiger partial charge on any atom is -0.385 e. The highest BCUT2D eigenvalue weighted by atomic mass is 32.2. The second kappa shape index (κ2) is 7.66. The predicted molar refractivity (Wildman–Crippen MR) is 91.8 cm³/mol. The fourth-order valence-corrected chi connectivity index (χ4v) is 4.28. The van der Waals surface area contributed by atoms with E-state index in [1.807, 2.05) is 25.7 Å². The molecule has 0 aromatic heterocycles. The molecule has 0 radical (unpaired) electrons. The molecule has 118 valence electrons. The van der Waals surface area contributed by atoms with Crippen molar-refractivity contribution in [1.29, 1.82) is 0 Å². The van der Waals surface area contributed by atoms with Crippen molar-refractivity contribution in [3.63, 3.8) is 0 Å². The second-order valence-electron chi connectivity index (χ2n) is 6.51. The number of thioether (sulfide) groups is 1. The minimum absolute atomic E-state index is 0.180. The first-order chi connectivity index (χ1) is 10.0. The van der Waals surface area contributed by atoms with Gasteiger partial charge in [-0.15, -0.1) is 11.8 Å². The number of hydrogen-bond acceptors (Lipinski definition) is 3. The van der Waals surface area contributed by atoms with E-state index in [0.717, 1.165) is 17.4 Å². The van der Waals surface area contributed by atoms with E-state index in [9.17, 15) is 5.11 Å². The van der Waals surface area contributed by atoms with Crippen LogP contribution >= 0.6 is 11.8 Å². The van der Waals surface area contributed by atoms with Gasteiger partial charge in [-0.05, 0) is 44.5 Å². The van der Waals surface area contributed by atoms with Gasteiger partial charge < -0.3 is 10.4 Å². The van der Waals surface area contributed by atoms with E-state index >= 15 is 0 Å². The van der Waals surface area contributed by atoms with Crippen molar-refractivity contribution >= 4 is 11.8 Å². The van der Waals surface area contributed by atoms with Crippen LogP contribution < -0.4 is 5.32 Å². The molecule has 3 heteroatoms. The van der Waals surface area contributed by atoms with Crippen LogP contribution in [0.3, 0.4) is 0 Å². The van der Waals surface area contributed by atoms with Gasteiger partial charge in [0.2, 0.25) is 0 Å². The van der Waals surface area contributed by atoms with Crippen molar-refractivity contribution < 1.29 is 5.11 Å². The molecule has 2 rings (SSSR count). The first kappa shape index (κ1) is 16.9. The molecule has 21 heavy (non-hydrogen) atoms. The van der Waals surface area contributed by atoms with Crippen LogP contribution in [0.15, 0.2) is 29.2 Å². The Kier molecular flexibility index (Phi) is 6.15. The Balaban J connectivity index is 2.00. The van der Waals surface area contributed by atoms with Crippen molar-refractivity contribution in [3.8, 4) is 0 Å². The molecule has 2 N–H and O–H groups in total. The van der Waals surface area contributed by atoms with Crippen LogP contribution in [0.1, 0.15) is 51.5 Å². The van der Waals surface area contributed by atoms with Crippen LogP contribution in [-0.2, 0) is 5.60 Å². The molecule has 1 saturated carbocycles. The van der Waals surface area contributed by atoms with Gasteiger partial charge in [-0.2, -0.15) is 0 Å². The van der Waals surface area contributed by atoms with Crippen LogP contribution in [0.4, 0.5) is 0 Å². The van der Waals surface area contributed by atoms with Gasteiger partial charge in [0, 0.05) is 22.6 Å². The Labute approximate surface area is 133 Å². The van der Waals surface area contributed by atoms with Gasteiger partial charge in [0.1, 0.15) is 0 Å². The summed E-state index contributed by atoms with van der Waals surface area (Å²) >= 11 is 2.01. The summed E-state index contributed by atoms with van der Waals surface area (Å²) in [6, 6.07) is 8.54. The molecule has 0 heterocycles. The molecule has 0 spiro atoms. The number of nitrogens with one attached hydrogen (secondary N) is 1. The van der Waals surface area contributed by atoms with Crippen molar-refractivity contribution in [2.24, 2.45) is 5.92 Å². The lowest BCUT2D eigenvalue weighted by atomic mass is 9.84. The number of rotatable bonds is 6. The molecule has 0 aliphatic heterocycles. The number of benzene rings is 1. The molecule has 0 saturated heterocycles. The molecule has 0 amide bonds. The second-order valence-corrected chi connectivity index (χ2v) is 7.88. The lowest BCUT2D eigenvalue weighted by Crippen LogP contribution is -2.35. The molecular weight excluding hydrogens is 278 g/mol. The molecular formula is C18H29NOS. The fourth-order valence-electron chi connectivity index (χ4n) is 3.04. The van der Waals surface area contributed by atoms with Crippen molar-refractivity contribution in [2.45, 2.75) is 61.7 Å². The third-order valence-electron chi connectivity index (χ3n) is 4.76. The quantitative estimate of drug-likeness (QED) is 0.827. The third kappa shape index (κ3) is 4.48. The highest BCUT2D eigenvalue weighted by molar-refractivity contribution is 8.00. The molecule has 1 aliphatic carbocycles. The number of aliphatic hydroxyl groups is 1. The zero-order chi connectivity index (χ0) is 15.3. The lowest BCUT2D eigenvalue weighted by Gasteiger charge is -2.31. The summed E-state index contributed by atoms with van der Waals surface area (Å²) in [6.45, 7) is 4.81. The van der Waals surface area contributed by atoms with E-state index in [4.69, 9.17) is 0 Å². The maximum absolute atomic E-state index is 10.8. The van der Waals surface area contributed by atoms with Crippen molar-refractivity contribution in [2.75, 3.05) is 13.6 Å². The summed E-state index contributed by atoms with van der Waals surface area (Å²) < 4.78 is 0. The molecule has 1 aliphatic rings. The van der Waals surface area contributed by atoms with E-state index in [2.05, 4.69) is 36.5 Å². The standard InChI is InChI=1S/C18H29NOS/c1-14(13-19-3)18(2,20)15-9-11-17(12-10-15)21-16-7-5-4-6-8-16/h9-12,14,16,19-20H,4-8,13H2,1-3H3. The van der Waals surface area contributed by atoms with Gasteiger partial charge in [-0.25, -0.2) is 0 Å². The maximum atomic E-state index is 10.8. The Bertz CT molecular complexity index is 423. The Hall–Kier alpha value is -0.510. The van der Waals surface area contributed by atoms with E-state index in [-0.39, 0.29) is 5.92 Å². The van der Waals surface area contributed by atoms with Crippen molar-refractivity contribution in [1.82, 2.24) is 5.32 Å². The van der Waals surface area contributed by atoms with Crippen LogP contribution in [0, 0.1) is 5.92 Å². The van der Waals surface area contributed by atoms with Crippen LogP contribution in [0.2, 0.25) is 0 Å². The topological polar surface area (TPSA) is 32.3 Å². The van der Waals surface area contributed by atoms with Gasteiger partial charge >= 0.3 is 0 Å². The smallest absolute Gasteiger partial charge is 0.0906 e. The summed E-state index contributed by atoms with van der Waals surface area (Å²) in [6.07, 6.45) is 6.87. The number of hydrogen-bond donors (Lipinski definition) is 2. The molecule has 2 atom stereocenters. The largest absolute Gasteiger partial charge is 0.385 e. The molecule has 2 unspecified atom stereocenters. The van der Waals surface area contributed by atoms with Gasteiger partial charge in [0.15, 0.2) is 0 Å². The molecule has 2 nitrogen and oxygen atoms in total. The SMILES string of the molecule is CNCC(C)C(C)(O)c1ccc(SC2CCCCC2)cc1. The van der Waals surface area contributed by atoms with Gasteiger partial charge in [0.25, 0.3) is 0 Å². The minimum atomic E-state index is -0.781. The average Bonchev–Trinajstić information content (AvgIpc) is 2.49. The summed E-state index contributed by atoms with van der Waals surface area (Å²) in [5.74, 6) is 0.180. The first-order valence-electron chi connectivity index (χ1n) is 8.18.